The predicted octanol–water partition coefficient (Wildman–Crippen LogP) is 4.16. The zero-order chi connectivity index (χ0) is 22.6. The van der Waals surface area contributed by atoms with Crippen molar-refractivity contribution in [2.75, 3.05) is 44.3 Å². The molecule has 0 spiro atoms. The van der Waals surface area contributed by atoms with Crippen molar-refractivity contribution in [1.82, 2.24) is 19.7 Å². The smallest absolute Gasteiger partial charge is 0.263 e. The number of carbonyl (C=O) groups is 1. The molecule has 0 saturated carbocycles. The van der Waals surface area contributed by atoms with E-state index >= 15 is 0 Å². The highest BCUT2D eigenvalue weighted by atomic mass is 32.1. The van der Waals surface area contributed by atoms with E-state index in [9.17, 15) is 4.79 Å². The van der Waals surface area contributed by atoms with Crippen molar-refractivity contribution in [3.05, 3.63) is 72.1 Å². The number of aromatic nitrogens is 3. The maximum Gasteiger partial charge on any atom is 0.263 e. The van der Waals surface area contributed by atoms with Gasteiger partial charge in [0.25, 0.3) is 5.91 Å². The van der Waals surface area contributed by atoms with Crippen LogP contribution in [0.25, 0.3) is 15.9 Å². The molecule has 2 aromatic carbocycles. The first kappa shape index (κ1) is 21.8. The molecule has 2 aromatic heterocycles. The van der Waals surface area contributed by atoms with Gasteiger partial charge in [0, 0.05) is 26.2 Å². The third kappa shape index (κ3) is 4.68. The summed E-state index contributed by atoms with van der Waals surface area (Å²) >= 11 is 1.56. The molecule has 1 aliphatic heterocycles. The lowest BCUT2D eigenvalue weighted by Gasteiger charge is -2.27. The summed E-state index contributed by atoms with van der Waals surface area (Å²) in [6, 6.07) is 17.9. The Kier molecular flexibility index (Phi) is 6.48. The van der Waals surface area contributed by atoms with Crippen LogP contribution in [-0.4, -0.2) is 65.0 Å². The lowest BCUT2D eigenvalue weighted by Crippen LogP contribution is -2.39. The van der Waals surface area contributed by atoms with Gasteiger partial charge in [0.15, 0.2) is 5.13 Å². The summed E-state index contributed by atoms with van der Waals surface area (Å²) < 4.78 is 8.35. The van der Waals surface area contributed by atoms with E-state index < -0.39 is 0 Å². The van der Waals surface area contributed by atoms with Gasteiger partial charge in [-0.15, -0.1) is 0 Å². The fourth-order valence-corrected chi connectivity index (χ4v) is 5.12. The highest BCUT2D eigenvalue weighted by molar-refractivity contribution is 7.22. The Balaban J connectivity index is 1.42. The second-order valence-electron chi connectivity index (χ2n) is 8.12. The molecule has 1 amide bonds. The second kappa shape index (κ2) is 9.82. The van der Waals surface area contributed by atoms with Gasteiger partial charge in [-0.05, 0) is 37.6 Å². The molecule has 3 heterocycles. The monoisotopic (exact) mass is 461 g/mol. The number of rotatable bonds is 7. The fraction of sp³-hybridized carbons (Fsp3) is 0.320. The number of hydrogen-bond acceptors (Lipinski definition) is 6. The lowest BCUT2D eigenvalue weighted by atomic mass is 10.2. The summed E-state index contributed by atoms with van der Waals surface area (Å²) in [4.78, 5) is 22.8. The molecule has 0 aliphatic carbocycles. The average molecular weight is 462 g/mol. The van der Waals surface area contributed by atoms with Crippen LogP contribution in [0.3, 0.4) is 0 Å². The number of para-hydroxylation sites is 2. The van der Waals surface area contributed by atoms with E-state index in [1.54, 1.807) is 17.5 Å². The van der Waals surface area contributed by atoms with Gasteiger partial charge in [-0.2, -0.15) is 5.10 Å². The van der Waals surface area contributed by atoms with Crippen LogP contribution >= 0.6 is 11.3 Å². The second-order valence-corrected chi connectivity index (χ2v) is 9.13. The molecule has 0 N–H and O–H groups in total. The van der Waals surface area contributed by atoms with E-state index in [0.29, 0.717) is 12.1 Å². The first-order chi connectivity index (χ1) is 16.2. The topological polar surface area (TPSA) is 63.5 Å². The molecular formula is C25H27N5O2S. The average Bonchev–Trinajstić information content (AvgIpc) is 3.46. The maximum absolute atomic E-state index is 13.8. The Morgan fingerprint density at radius 2 is 1.85 bits per heavy atom. The van der Waals surface area contributed by atoms with Crippen LogP contribution in [0.15, 0.2) is 60.8 Å². The maximum atomic E-state index is 13.8. The van der Waals surface area contributed by atoms with Crippen LogP contribution in [0.1, 0.15) is 22.5 Å². The highest BCUT2D eigenvalue weighted by Gasteiger charge is 2.25. The molecule has 1 saturated heterocycles. The molecule has 8 heteroatoms. The lowest BCUT2D eigenvalue weighted by molar-refractivity contribution is 0.0376. The Morgan fingerprint density at radius 1 is 1.09 bits per heavy atom. The SMILES string of the molecule is Cc1c(C(=O)N(CCCN2CCOCC2)c2nc3ccccc3s2)cnn1-c1ccccc1. The fourth-order valence-electron chi connectivity index (χ4n) is 4.13. The number of morpholine rings is 1. The molecule has 5 rings (SSSR count). The van der Waals surface area contributed by atoms with E-state index in [-0.39, 0.29) is 5.91 Å². The van der Waals surface area contributed by atoms with Crippen LogP contribution in [0.2, 0.25) is 0 Å². The van der Waals surface area contributed by atoms with Crippen molar-refractivity contribution < 1.29 is 9.53 Å². The summed E-state index contributed by atoms with van der Waals surface area (Å²) in [5.41, 5.74) is 3.28. The van der Waals surface area contributed by atoms with Crippen molar-refractivity contribution in [1.29, 1.82) is 0 Å². The number of anilines is 1. The van der Waals surface area contributed by atoms with Crippen LogP contribution < -0.4 is 4.90 Å². The normalized spacial score (nSPS) is 14.6. The summed E-state index contributed by atoms with van der Waals surface area (Å²) in [6.07, 6.45) is 2.54. The van der Waals surface area contributed by atoms with E-state index in [4.69, 9.17) is 9.72 Å². The third-order valence-electron chi connectivity index (χ3n) is 5.96. The van der Waals surface area contributed by atoms with E-state index in [2.05, 4.69) is 10.00 Å². The molecule has 0 atom stereocenters. The third-order valence-corrected chi connectivity index (χ3v) is 7.02. The zero-order valence-corrected chi connectivity index (χ0v) is 19.5. The highest BCUT2D eigenvalue weighted by Crippen LogP contribution is 2.30. The van der Waals surface area contributed by atoms with Crippen molar-refractivity contribution in [2.24, 2.45) is 0 Å². The van der Waals surface area contributed by atoms with Crippen LogP contribution in [0.4, 0.5) is 5.13 Å². The van der Waals surface area contributed by atoms with Crippen molar-refractivity contribution >= 4 is 32.6 Å². The van der Waals surface area contributed by atoms with Gasteiger partial charge in [-0.25, -0.2) is 9.67 Å². The Labute approximate surface area is 197 Å². The number of hydrogen-bond donors (Lipinski definition) is 0. The largest absolute Gasteiger partial charge is 0.379 e. The van der Waals surface area contributed by atoms with Gasteiger partial charge in [-0.1, -0.05) is 41.7 Å². The van der Waals surface area contributed by atoms with Gasteiger partial charge in [-0.3, -0.25) is 14.6 Å². The molecule has 1 fully saturated rings. The molecule has 33 heavy (non-hydrogen) atoms. The minimum absolute atomic E-state index is 0.0595. The van der Waals surface area contributed by atoms with Gasteiger partial charge < -0.3 is 4.74 Å². The summed E-state index contributed by atoms with van der Waals surface area (Å²) in [5, 5.41) is 5.24. The Hall–Kier alpha value is -3.07. The quantitative estimate of drug-likeness (QED) is 0.414. The van der Waals surface area contributed by atoms with Crippen LogP contribution in [0.5, 0.6) is 0 Å². The zero-order valence-electron chi connectivity index (χ0n) is 18.7. The number of fused-ring (bicyclic) bond motifs is 1. The van der Waals surface area contributed by atoms with Crippen molar-refractivity contribution in [3.63, 3.8) is 0 Å². The van der Waals surface area contributed by atoms with Gasteiger partial charge in [0.1, 0.15) is 0 Å². The number of ether oxygens (including phenoxy) is 1. The molecule has 7 nitrogen and oxygen atoms in total. The first-order valence-electron chi connectivity index (χ1n) is 11.3. The number of nitrogens with zero attached hydrogens (tertiary/aromatic N) is 5. The van der Waals surface area contributed by atoms with Gasteiger partial charge in [0.05, 0.1) is 46.6 Å². The molecule has 0 bridgehead atoms. The molecular weight excluding hydrogens is 434 g/mol. The Bertz CT molecular complexity index is 1200. The summed E-state index contributed by atoms with van der Waals surface area (Å²) in [5.74, 6) is -0.0595. The van der Waals surface area contributed by atoms with Crippen LogP contribution in [0, 0.1) is 6.92 Å². The Morgan fingerprint density at radius 3 is 2.64 bits per heavy atom. The van der Waals surface area contributed by atoms with E-state index in [0.717, 1.165) is 66.0 Å². The number of carbonyl (C=O) groups excluding carboxylic acids is 1. The first-order valence-corrected chi connectivity index (χ1v) is 12.1. The molecule has 170 valence electrons. The minimum Gasteiger partial charge on any atom is -0.379 e. The standard InChI is InChI=1S/C25H27N5O2S/c1-19-21(18-26-30(19)20-8-3-2-4-9-20)24(31)29(13-7-12-28-14-16-32-17-15-28)25-27-22-10-5-6-11-23(22)33-25/h2-6,8-11,18H,7,12-17H2,1H3. The summed E-state index contributed by atoms with van der Waals surface area (Å²) in [6.45, 7) is 6.91. The summed E-state index contributed by atoms with van der Waals surface area (Å²) in [7, 11) is 0. The molecule has 0 unspecified atom stereocenters. The minimum atomic E-state index is -0.0595. The number of amides is 1. The van der Waals surface area contributed by atoms with E-state index in [1.165, 1.54) is 0 Å². The van der Waals surface area contributed by atoms with Crippen LogP contribution in [-0.2, 0) is 4.74 Å². The van der Waals surface area contributed by atoms with Gasteiger partial charge >= 0.3 is 0 Å². The van der Waals surface area contributed by atoms with Gasteiger partial charge in [0.2, 0.25) is 0 Å². The van der Waals surface area contributed by atoms with Crippen molar-refractivity contribution in [2.45, 2.75) is 13.3 Å². The number of benzene rings is 2. The molecule has 1 aliphatic rings. The number of thiazole rings is 1. The molecule has 4 aromatic rings. The van der Waals surface area contributed by atoms with Crippen molar-refractivity contribution in [3.8, 4) is 5.69 Å². The predicted molar refractivity (Wildman–Crippen MR) is 131 cm³/mol. The molecule has 0 radical (unpaired) electrons. The van der Waals surface area contributed by atoms with E-state index in [1.807, 2.05) is 71.1 Å².